The molecule has 0 bridgehead atoms. The second kappa shape index (κ2) is 9.04. The highest BCUT2D eigenvalue weighted by atomic mass is 16.5. The third-order valence-electron chi connectivity index (χ3n) is 4.39. The van der Waals surface area contributed by atoms with Crippen molar-refractivity contribution < 1.29 is 14.3 Å². The first kappa shape index (κ1) is 19.5. The molecule has 5 heteroatoms. The highest BCUT2D eigenvalue weighted by Gasteiger charge is 2.16. The lowest BCUT2D eigenvalue weighted by Crippen LogP contribution is -2.40. The number of benzene rings is 2. The average molecular weight is 354 g/mol. The number of nitrogens with one attached hydrogen (secondary N) is 1. The summed E-state index contributed by atoms with van der Waals surface area (Å²) < 4.78 is 5.31. The van der Waals surface area contributed by atoms with E-state index < -0.39 is 0 Å². The fourth-order valence-electron chi connectivity index (χ4n) is 2.72. The number of hydrogen-bond acceptors (Lipinski definition) is 3. The zero-order chi connectivity index (χ0) is 19.1. The summed E-state index contributed by atoms with van der Waals surface area (Å²) in [4.78, 5) is 25.8. The zero-order valence-electron chi connectivity index (χ0n) is 15.8. The van der Waals surface area contributed by atoms with Crippen molar-refractivity contribution >= 4 is 17.5 Å². The lowest BCUT2D eigenvalue weighted by molar-refractivity contribution is -0.123. The molecule has 0 aliphatic carbocycles. The van der Waals surface area contributed by atoms with Crippen molar-refractivity contribution in [2.45, 2.75) is 27.2 Å². The number of para-hydroxylation sites is 1. The molecule has 5 nitrogen and oxygen atoms in total. The van der Waals surface area contributed by atoms with Crippen LogP contribution in [0.1, 0.15) is 23.6 Å². The normalized spacial score (nSPS) is 10.3. The lowest BCUT2D eigenvalue weighted by atomic mass is 10.1. The van der Waals surface area contributed by atoms with Gasteiger partial charge < -0.3 is 15.0 Å². The smallest absolute Gasteiger partial charge is 0.240 e. The van der Waals surface area contributed by atoms with Crippen LogP contribution in [0.3, 0.4) is 0 Å². The first-order valence-corrected chi connectivity index (χ1v) is 8.66. The molecular formula is C21H26N2O3. The molecule has 0 aliphatic heterocycles. The summed E-state index contributed by atoms with van der Waals surface area (Å²) in [6.45, 7) is 5.96. The Morgan fingerprint density at radius 2 is 1.81 bits per heavy atom. The van der Waals surface area contributed by atoms with Crippen LogP contribution in [0.5, 0.6) is 5.75 Å². The van der Waals surface area contributed by atoms with Gasteiger partial charge in [0.25, 0.3) is 0 Å². The Morgan fingerprint density at radius 3 is 2.46 bits per heavy atom. The minimum absolute atomic E-state index is 0.00373. The van der Waals surface area contributed by atoms with E-state index in [4.69, 9.17) is 4.74 Å². The molecule has 0 spiro atoms. The molecule has 0 saturated carbocycles. The lowest BCUT2D eigenvalue weighted by Gasteiger charge is -2.21. The van der Waals surface area contributed by atoms with Crippen LogP contribution in [-0.2, 0) is 16.0 Å². The number of aryl methyl sites for hydroxylation is 2. The minimum atomic E-state index is -0.187. The molecule has 0 heterocycles. The molecule has 1 N–H and O–H groups in total. The number of carbonyl (C=O) groups is 2. The molecule has 2 aromatic carbocycles. The van der Waals surface area contributed by atoms with Crippen LogP contribution in [0, 0.1) is 13.8 Å². The van der Waals surface area contributed by atoms with Gasteiger partial charge in [0.2, 0.25) is 11.8 Å². The first-order valence-electron chi connectivity index (χ1n) is 8.66. The Hall–Kier alpha value is -2.82. The second-order valence-corrected chi connectivity index (χ2v) is 6.29. The maximum absolute atomic E-state index is 12.3. The number of rotatable bonds is 7. The van der Waals surface area contributed by atoms with E-state index in [2.05, 4.69) is 5.32 Å². The van der Waals surface area contributed by atoms with Crippen LogP contribution in [-0.4, -0.2) is 32.0 Å². The van der Waals surface area contributed by atoms with Crippen molar-refractivity contribution in [1.29, 1.82) is 0 Å². The van der Waals surface area contributed by atoms with E-state index in [1.54, 1.807) is 7.11 Å². The highest BCUT2D eigenvalue weighted by Crippen LogP contribution is 2.19. The number of hydrogen-bond donors (Lipinski definition) is 1. The van der Waals surface area contributed by atoms with Crippen LogP contribution >= 0.6 is 0 Å². The van der Waals surface area contributed by atoms with Crippen molar-refractivity contribution in [3.8, 4) is 5.75 Å². The molecule has 0 atom stereocenters. The van der Waals surface area contributed by atoms with Crippen LogP contribution in [0.2, 0.25) is 0 Å². The van der Waals surface area contributed by atoms with Gasteiger partial charge in [0.1, 0.15) is 12.3 Å². The average Bonchev–Trinajstić information content (AvgIpc) is 2.62. The van der Waals surface area contributed by atoms with E-state index in [0.29, 0.717) is 13.0 Å². The Kier molecular flexibility index (Phi) is 6.78. The summed E-state index contributed by atoms with van der Waals surface area (Å²) in [5.74, 6) is 0.462. The zero-order valence-corrected chi connectivity index (χ0v) is 15.8. The molecule has 2 rings (SSSR count). The quantitative estimate of drug-likeness (QED) is 0.831. The van der Waals surface area contributed by atoms with Gasteiger partial charge >= 0.3 is 0 Å². The SMILES string of the molecule is COc1ccccc1CCNC(=O)CN(C(C)=O)c1ccc(C)c(C)c1. The largest absolute Gasteiger partial charge is 0.496 e. The van der Waals surface area contributed by atoms with Crippen LogP contribution in [0.25, 0.3) is 0 Å². The fraction of sp³-hybridized carbons (Fsp3) is 0.333. The predicted molar refractivity (Wildman–Crippen MR) is 104 cm³/mol. The molecule has 2 aromatic rings. The molecular weight excluding hydrogens is 328 g/mol. The fourth-order valence-corrected chi connectivity index (χ4v) is 2.72. The monoisotopic (exact) mass is 354 g/mol. The predicted octanol–water partition coefficient (Wildman–Crippen LogP) is 3.02. The molecule has 0 aromatic heterocycles. The van der Waals surface area contributed by atoms with E-state index in [1.165, 1.54) is 11.8 Å². The van der Waals surface area contributed by atoms with Gasteiger partial charge in [0, 0.05) is 19.2 Å². The summed E-state index contributed by atoms with van der Waals surface area (Å²) in [6, 6.07) is 13.5. The molecule has 0 fully saturated rings. The Labute approximate surface area is 155 Å². The Morgan fingerprint density at radius 1 is 1.08 bits per heavy atom. The Balaban J connectivity index is 1.95. The number of ether oxygens (including phenoxy) is 1. The van der Waals surface area contributed by atoms with Gasteiger partial charge in [-0.05, 0) is 55.2 Å². The van der Waals surface area contributed by atoms with Gasteiger partial charge in [-0.3, -0.25) is 9.59 Å². The van der Waals surface area contributed by atoms with E-state index in [-0.39, 0.29) is 18.4 Å². The van der Waals surface area contributed by atoms with E-state index in [0.717, 1.165) is 28.1 Å². The molecule has 26 heavy (non-hydrogen) atoms. The number of carbonyl (C=O) groups excluding carboxylic acids is 2. The van der Waals surface area contributed by atoms with Crippen molar-refractivity contribution in [1.82, 2.24) is 5.32 Å². The molecule has 138 valence electrons. The third-order valence-corrected chi connectivity index (χ3v) is 4.39. The maximum atomic E-state index is 12.3. The minimum Gasteiger partial charge on any atom is -0.496 e. The van der Waals surface area contributed by atoms with Crippen molar-refractivity contribution in [2.24, 2.45) is 0 Å². The molecule has 2 amide bonds. The van der Waals surface area contributed by atoms with Gasteiger partial charge in [-0.1, -0.05) is 24.3 Å². The number of amides is 2. The summed E-state index contributed by atoms with van der Waals surface area (Å²) >= 11 is 0. The van der Waals surface area contributed by atoms with Gasteiger partial charge in [0.05, 0.1) is 7.11 Å². The first-order chi connectivity index (χ1) is 12.4. The number of nitrogens with zero attached hydrogens (tertiary/aromatic N) is 1. The van der Waals surface area contributed by atoms with Crippen molar-refractivity contribution in [2.75, 3.05) is 25.1 Å². The molecule has 0 aliphatic rings. The highest BCUT2D eigenvalue weighted by molar-refractivity contribution is 5.97. The van der Waals surface area contributed by atoms with Gasteiger partial charge in [-0.25, -0.2) is 0 Å². The molecule has 0 radical (unpaired) electrons. The van der Waals surface area contributed by atoms with E-state index in [1.807, 2.05) is 56.3 Å². The summed E-state index contributed by atoms with van der Waals surface area (Å²) in [6.07, 6.45) is 0.666. The standard InChI is InChI=1S/C21H26N2O3/c1-15-9-10-19(13-16(15)2)23(17(3)24)14-21(25)22-12-11-18-7-5-6-8-20(18)26-4/h5-10,13H,11-12,14H2,1-4H3,(H,22,25). The van der Waals surface area contributed by atoms with Crippen molar-refractivity contribution in [3.05, 3.63) is 59.2 Å². The maximum Gasteiger partial charge on any atom is 0.240 e. The topological polar surface area (TPSA) is 58.6 Å². The van der Waals surface area contributed by atoms with Gasteiger partial charge in [-0.2, -0.15) is 0 Å². The van der Waals surface area contributed by atoms with Crippen LogP contribution in [0.15, 0.2) is 42.5 Å². The number of anilines is 1. The molecule has 0 unspecified atom stereocenters. The summed E-state index contributed by atoms with van der Waals surface area (Å²) in [5.41, 5.74) is 4.01. The molecule has 0 saturated heterocycles. The van der Waals surface area contributed by atoms with Crippen LogP contribution < -0.4 is 15.0 Å². The van der Waals surface area contributed by atoms with Gasteiger partial charge in [-0.15, -0.1) is 0 Å². The van der Waals surface area contributed by atoms with Crippen molar-refractivity contribution in [3.63, 3.8) is 0 Å². The second-order valence-electron chi connectivity index (χ2n) is 6.29. The van der Waals surface area contributed by atoms with E-state index >= 15 is 0 Å². The summed E-state index contributed by atoms with van der Waals surface area (Å²) in [5, 5.41) is 2.88. The third kappa shape index (κ3) is 5.09. The van der Waals surface area contributed by atoms with Crippen LogP contribution in [0.4, 0.5) is 5.69 Å². The van der Waals surface area contributed by atoms with E-state index in [9.17, 15) is 9.59 Å². The number of methoxy groups -OCH3 is 1. The Bertz CT molecular complexity index is 787. The summed E-state index contributed by atoms with van der Waals surface area (Å²) in [7, 11) is 1.63. The van der Waals surface area contributed by atoms with Gasteiger partial charge in [0.15, 0.2) is 0 Å².